The van der Waals surface area contributed by atoms with Crippen LogP contribution in [0.2, 0.25) is 0 Å². The number of nitrogens with one attached hydrogen (secondary N) is 1. The maximum Gasteiger partial charge on any atom is 0.225 e. The van der Waals surface area contributed by atoms with Gasteiger partial charge in [-0.3, -0.25) is 9.48 Å². The summed E-state index contributed by atoms with van der Waals surface area (Å²) in [4.78, 5) is 11.4. The largest absolute Gasteiger partial charge is 0.330 e. The Hall–Kier alpha value is -2.14. The highest BCUT2D eigenvalue weighted by atomic mass is 16.1. The Labute approximate surface area is 106 Å². The zero-order valence-corrected chi connectivity index (χ0v) is 10.0. The van der Waals surface area contributed by atoms with Gasteiger partial charge in [-0.1, -0.05) is 12.1 Å². The number of carbonyl (C=O) groups excluding carboxylic acids is 1. The van der Waals surface area contributed by atoms with E-state index >= 15 is 0 Å². The van der Waals surface area contributed by atoms with E-state index in [9.17, 15) is 4.79 Å². The first-order valence-corrected chi connectivity index (χ1v) is 5.84. The molecule has 1 heterocycles. The molecule has 0 aliphatic heterocycles. The molecule has 1 aromatic carbocycles. The molecule has 94 valence electrons. The van der Waals surface area contributed by atoms with Crippen molar-refractivity contribution in [2.75, 3.05) is 11.9 Å². The Bertz CT molecular complexity index is 507. The van der Waals surface area contributed by atoms with Crippen molar-refractivity contribution < 1.29 is 4.79 Å². The first-order valence-electron chi connectivity index (χ1n) is 5.84. The summed E-state index contributed by atoms with van der Waals surface area (Å²) in [5, 5.41) is 6.96. The number of rotatable bonds is 5. The number of amides is 1. The van der Waals surface area contributed by atoms with Crippen molar-refractivity contribution in [2.45, 2.75) is 13.0 Å². The molecule has 0 aliphatic carbocycles. The summed E-state index contributed by atoms with van der Waals surface area (Å²) in [6.45, 7) is 1.05. The molecule has 3 N–H and O–H groups in total. The fourth-order valence-corrected chi connectivity index (χ4v) is 1.68. The summed E-state index contributed by atoms with van der Waals surface area (Å²) in [7, 11) is 0. The summed E-state index contributed by atoms with van der Waals surface area (Å²) in [5.41, 5.74) is 7.21. The smallest absolute Gasteiger partial charge is 0.225 e. The zero-order chi connectivity index (χ0) is 12.8. The molecule has 0 bridgehead atoms. The molecule has 5 nitrogen and oxygen atoms in total. The first kappa shape index (κ1) is 12.3. The highest BCUT2D eigenvalue weighted by molar-refractivity contribution is 5.90. The van der Waals surface area contributed by atoms with Crippen LogP contribution < -0.4 is 11.1 Å². The standard InChI is InChI=1S/C13H16N4O/c14-6-5-13(18)16-12-4-1-3-11(9-12)10-17-8-2-7-15-17/h1-4,7-9H,5-6,10,14H2,(H,16,18). The Morgan fingerprint density at radius 2 is 2.28 bits per heavy atom. The molecule has 1 aromatic heterocycles. The lowest BCUT2D eigenvalue weighted by Gasteiger charge is -2.07. The fraction of sp³-hybridized carbons (Fsp3) is 0.231. The molecule has 5 heteroatoms. The molecule has 0 fully saturated rings. The van der Waals surface area contributed by atoms with E-state index in [1.54, 1.807) is 6.20 Å². The van der Waals surface area contributed by atoms with E-state index in [0.717, 1.165) is 11.3 Å². The zero-order valence-electron chi connectivity index (χ0n) is 10.0. The highest BCUT2D eigenvalue weighted by Gasteiger charge is 2.02. The van der Waals surface area contributed by atoms with Crippen LogP contribution >= 0.6 is 0 Å². The van der Waals surface area contributed by atoms with Crippen molar-refractivity contribution in [3.8, 4) is 0 Å². The maximum atomic E-state index is 11.4. The number of nitrogens with two attached hydrogens (primary N) is 1. The van der Waals surface area contributed by atoms with Crippen LogP contribution in [0.5, 0.6) is 0 Å². The lowest BCUT2D eigenvalue weighted by atomic mass is 10.2. The average molecular weight is 244 g/mol. The molecule has 0 spiro atoms. The van der Waals surface area contributed by atoms with Crippen molar-refractivity contribution in [3.05, 3.63) is 48.3 Å². The predicted molar refractivity (Wildman–Crippen MR) is 70.1 cm³/mol. The molecule has 1 amide bonds. The van der Waals surface area contributed by atoms with E-state index in [0.29, 0.717) is 19.5 Å². The molecule has 2 aromatic rings. The van der Waals surface area contributed by atoms with Gasteiger partial charge >= 0.3 is 0 Å². The minimum absolute atomic E-state index is 0.0614. The molecule has 0 aliphatic rings. The van der Waals surface area contributed by atoms with Gasteiger partial charge < -0.3 is 11.1 Å². The molecular formula is C13H16N4O. The summed E-state index contributed by atoms with van der Waals surface area (Å²) in [6, 6.07) is 9.60. The molecule has 0 unspecified atom stereocenters. The van der Waals surface area contributed by atoms with Crippen LogP contribution in [0, 0.1) is 0 Å². The van der Waals surface area contributed by atoms with E-state index < -0.39 is 0 Å². The Morgan fingerprint density at radius 3 is 3.00 bits per heavy atom. The van der Waals surface area contributed by atoms with Gasteiger partial charge in [0.05, 0.1) is 6.54 Å². The van der Waals surface area contributed by atoms with Crippen LogP contribution in [0.25, 0.3) is 0 Å². The van der Waals surface area contributed by atoms with Crippen LogP contribution in [-0.2, 0) is 11.3 Å². The molecule has 0 saturated heterocycles. The van der Waals surface area contributed by atoms with Gasteiger partial charge in [0.2, 0.25) is 5.91 Å². The second kappa shape index (κ2) is 5.97. The highest BCUT2D eigenvalue weighted by Crippen LogP contribution is 2.11. The molecule has 0 radical (unpaired) electrons. The van der Waals surface area contributed by atoms with Gasteiger partial charge in [-0.25, -0.2) is 0 Å². The van der Waals surface area contributed by atoms with Crippen molar-refractivity contribution >= 4 is 11.6 Å². The van der Waals surface area contributed by atoms with Crippen molar-refractivity contribution in [1.82, 2.24) is 9.78 Å². The average Bonchev–Trinajstić information content (AvgIpc) is 2.82. The Balaban J connectivity index is 2.03. The Kier molecular flexibility index (Phi) is 4.09. The molecule has 0 atom stereocenters. The van der Waals surface area contributed by atoms with Gasteiger partial charge in [-0.05, 0) is 23.8 Å². The maximum absolute atomic E-state index is 11.4. The number of nitrogens with zero attached hydrogens (tertiary/aromatic N) is 2. The lowest BCUT2D eigenvalue weighted by Crippen LogP contribution is -2.16. The van der Waals surface area contributed by atoms with Gasteiger partial charge in [-0.15, -0.1) is 0 Å². The third-order valence-corrected chi connectivity index (χ3v) is 2.49. The second-order valence-electron chi connectivity index (χ2n) is 3.99. The molecular weight excluding hydrogens is 228 g/mol. The van der Waals surface area contributed by atoms with E-state index in [-0.39, 0.29) is 5.91 Å². The summed E-state index contributed by atoms with van der Waals surface area (Å²) in [5.74, 6) is -0.0614. The first-order chi connectivity index (χ1) is 8.78. The van der Waals surface area contributed by atoms with E-state index in [1.807, 2.05) is 41.2 Å². The number of carbonyl (C=O) groups is 1. The van der Waals surface area contributed by atoms with Gasteiger partial charge in [-0.2, -0.15) is 5.10 Å². The minimum atomic E-state index is -0.0614. The third kappa shape index (κ3) is 3.43. The van der Waals surface area contributed by atoms with Gasteiger partial charge in [0.25, 0.3) is 0 Å². The normalized spacial score (nSPS) is 10.3. The van der Waals surface area contributed by atoms with E-state index in [2.05, 4.69) is 10.4 Å². The van der Waals surface area contributed by atoms with Crippen molar-refractivity contribution in [1.29, 1.82) is 0 Å². The summed E-state index contributed by atoms with van der Waals surface area (Å²) >= 11 is 0. The summed E-state index contributed by atoms with van der Waals surface area (Å²) < 4.78 is 1.83. The minimum Gasteiger partial charge on any atom is -0.330 e. The molecule has 2 rings (SSSR count). The molecule has 18 heavy (non-hydrogen) atoms. The van der Waals surface area contributed by atoms with Crippen LogP contribution in [0.3, 0.4) is 0 Å². The number of anilines is 1. The lowest BCUT2D eigenvalue weighted by molar-refractivity contribution is -0.116. The van der Waals surface area contributed by atoms with Crippen LogP contribution in [0.15, 0.2) is 42.7 Å². The van der Waals surface area contributed by atoms with Crippen LogP contribution in [0.4, 0.5) is 5.69 Å². The third-order valence-electron chi connectivity index (χ3n) is 2.49. The predicted octanol–water partition coefficient (Wildman–Crippen LogP) is 1.22. The van der Waals surface area contributed by atoms with Gasteiger partial charge in [0, 0.05) is 31.0 Å². The summed E-state index contributed by atoms with van der Waals surface area (Å²) in [6.07, 6.45) is 3.98. The van der Waals surface area contributed by atoms with Crippen molar-refractivity contribution in [3.63, 3.8) is 0 Å². The number of hydrogen-bond acceptors (Lipinski definition) is 3. The fourth-order valence-electron chi connectivity index (χ4n) is 1.68. The van der Waals surface area contributed by atoms with E-state index in [1.165, 1.54) is 0 Å². The van der Waals surface area contributed by atoms with Gasteiger partial charge in [0.15, 0.2) is 0 Å². The second-order valence-corrected chi connectivity index (χ2v) is 3.99. The SMILES string of the molecule is NCCC(=O)Nc1cccc(Cn2cccn2)c1. The number of aromatic nitrogens is 2. The van der Waals surface area contributed by atoms with Crippen LogP contribution in [0.1, 0.15) is 12.0 Å². The topological polar surface area (TPSA) is 72.9 Å². The quantitative estimate of drug-likeness (QED) is 0.830. The monoisotopic (exact) mass is 244 g/mol. The van der Waals surface area contributed by atoms with Crippen molar-refractivity contribution in [2.24, 2.45) is 5.73 Å². The van der Waals surface area contributed by atoms with Crippen LogP contribution in [-0.4, -0.2) is 22.2 Å². The van der Waals surface area contributed by atoms with Gasteiger partial charge in [0.1, 0.15) is 0 Å². The van der Waals surface area contributed by atoms with E-state index in [4.69, 9.17) is 5.73 Å². The number of benzene rings is 1. The molecule has 0 saturated carbocycles. The Morgan fingerprint density at radius 1 is 1.39 bits per heavy atom. The number of hydrogen-bond donors (Lipinski definition) is 2.